The third-order valence-corrected chi connectivity index (χ3v) is 4.80. The van der Waals surface area contributed by atoms with Crippen LogP contribution < -0.4 is 5.32 Å². The van der Waals surface area contributed by atoms with Crippen molar-refractivity contribution in [1.82, 2.24) is 10.2 Å². The Balaban J connectivity index is 2.25. The zero-order valence-electron chi connectivity index (χ0n) is 13.1. The zero-order valence-corrected chi connectivity index (χ0v) is 13.9. The van der Waals surface area contributed by atoms with Gasteiger partial charge in [-0.2, -0.15) is 5.10 Å². The number of nitrogens with one attached hydrogen (secondary N) is 2. The van der Waals surface area contributed by atoms with Crippen molar-refractivity contribution < 1.29 is 12.8 Å². The summed E-state index contributed by atoms with van der Waals surface area (Å²) in [5.74, 6) is -0.0152. The van der Waals surface area contributed by atoms with E-state index in [2.05, 4.69) is 15.5 Å². The third-order valence-electron chi connectivity index (χ3n) is 3.67. The van der Waals surface area contributed by atoms with E-state index in [4.69, 9.17) is 0 Å². The maximum absolute atomic E-state index is 14.0. The number of halogens is 1. The van der Waals surface area contributed by atoms with Gasteiger partial charge in [0.05, 0.1) is 6.04 Å². The first kappa shape index (κ1) is 16.5. The number of aromatic amines is 1. The Morgan fingerprint density at radius 3 is 2.59 bits per heavy atom. The molecule has 0 aliphatic heterocycles. The van der Waals surface area contributed by atoms with E-state index in [0.29, 0.717) is 5.56 Å². The van der Waals surface area contributed by atoms with E-state index in [0.717, 1.165) is 29.8 Å². The molecule has 0 unspecified atom stereocenters. The highest BCUT2D eigenvalue weighted by Crippen LogP contribution is 2.24. The van der Waals surface area contributed by atoms with Gasteiger partial charge in [0.25, 0.3) is 0 Å². The SMILES string of the molecule is CCc1[nH]nc(N[C@@H](C)c2ccc(S(C)(=O)=O)c(F)c2)c1C. The van der Waals surface area contributed by atoms with E-state index in [-0.39, 0.29) is 10.9 Å². The zero-order chi connectivity index (χ0) is 16.5. The molecule has 0 fully saturated rings. The number of benzene rings is 1. The van der Waals surface area contributed by atoms with Crippen molar-refractivity contribution in [2.24, 2.45) is 0 Å². The van der Waals surface area contributed by atoms with Crippen LogP contribution in [-0.4, -0.2) is 24.9 Å². The number of hydrogen-bond acceptors (Lipinski definition) is 4. The summed E-state index contributed by atoms with van der Waals surface area (Å²) in [6, 6.07) is 3.96. The number of anilines is 1. The number of rotatable bonds is 5. The first-order valence-electron chi connectivity index (χ1n) is 7.04. The van der Waals surface area contributed by atoms with Crippen LogP contribution in [0.3, 0.4) is 0 Å². The number of sulfone groups is 1. The van der Waals surface area contributed by atoms with Gasteiger partial charge >= 0.3 is 0 Å². The van der Waals surface area contributed by atoms with Crippen LogP contribution in [0.1, 0.15) is 36.7 Å². The summed E-state index contributed by atoms with van der Waals surface area (Å²) in [6.45, 7) is 5.87. The van der Waals surface area contributed by atoms with E-state index < -0.39 is 15.7 Å². The van der Waals surface area contributed by atoms with Crippen LogP contribution in [0.4, 0.5) is 10.2 Å². The summed E-state index contributed by atoms with van der Waals surface area (Å²) < 4.78 is 36.8. The monoisotopic (exact) mass is 325 g/mol. The van der Waals surface area contributed by atoms with Crippen molar-refractivity contribution in [3.63, 3.8) is 0 Å². The number of H-pyrrole nitrogens is 1. The average molecular weight is 325 g/mol. The van der Waals surface area contributed by atoms with E-state index in [1.165, 1.54) is 12.1 Å². The van der Waals surface area contributed by atoms with Gasteiger partial charge in [0.15, 0.2) is 15.7 Å². The lowest BCUT2D eigenvalue weighted by molar-refractivity contribution is 0.568. The van der Waals surface area contributed by atoms with Crippen molar-refractivity contribution in [3.8, 4) is 0 Å². The van der Waals surface area contributed by atoms with Gasteiger partial charge in [0.1, 0.15) is 10.7 Å². The number of aryl methyl sites for hydroxylation is 1. The quantitative estimate of drug-likeness (QED) is 0.886. The summed E-state index contributed by atoms with van der Waals surface area (Å²) in [5, 5.41) is 10.4. The molecule has 0 saturated heterocycles. The van der Waals surface area contributed by atoms with Crippen LogP contribution in [0, 0.1) is 12.7 Å². The second-order valence-electron chi connectivity index (χ2n) is 5.36. The molecule has 1 aromatic heterocycles. The molecule has 0 spiro atoms. The molecule has 2 N–H and O–H groups in total. The van der Waals surface area contributed by atoms with Crippen molar-refractivity contribution in [2.45, 2.75) is 38.1 Å². The van der Waals surface area contributed by atoms with Gasteiger partial charge in [-0.3, -0.25) is 5.10 Å². The van der Waals surface area contributed by atoms with Crippen LogP contribution in [0.2, 0.25) is 0 Å². The lowest BCUT2D eigenvalue weighted by atomic mass is 10.1. The molecule has 0 saturated carbocycles. The van der Waals surface area contributed by atoms with Gasteiger partial charge in [-0.25, -0.2) is 12.8 Å². The topological polar surface area (TPSA) is 74.8 Å². The Labute approximate surface area is 129 Å². The lowest BCUT2D eigenvalue weighted by Gasteiger charge is -2.15. The molecule has 0 aliphatic rings. The molecular weight excluding hydrogens is 305 g/mol. The fraction of sp³-hybridized carbons (Fsp3) is 0.400. The van der Waals surface area contributed by atoms with Gasteiger partial charge in [-0.15, -0.1) is 0 Å². The van der Waals surface area contributed by atoms with Gasteiger partial charge in [0.2, 0.25) is 0 Å². The maximum Gasteiger partial charge on any atom is 0.178 e. The predicted molar refractivity (Wildman–Crippen MR) is 84.3 cm³/mol. The van der Waals surface area contributed by atoms with Crippen LogP contribution in [0.15, 0.2) is 23.1 Å². The van der Waals surface area contributed by atoms with Crippen LogP contribution in [0.25, 0.3) is 0 Å². The van der Waals surface area contributed by atoms with Gasteiger partial charge in [-0.1, -0.05) is 13.0 Å². The second-order valence-corrected chi connectivity index (χ2v) is 7.34. The molecule has 7 heteroatoms. The summed E-state index contributed by atoms with van der Waals surface area (Å²) in [4.78, 5) is -0.285. The predicted octanol–water partition coefficient (Wildman–Crippen LogP) is 3.00. The summed E-state index contributed by atoms with van der Waals surface area (Å²) in [5.41, 5.74) is 2.74. The summed E-state index contributed by atoms with van der Waals surface area (Å²) >= 11 is 0. The van der Waals surface area contributed by atoms with Crippen molar-refractivity contribution in [3.05, 3.63) is 40.8 Å². The normalized spacial score (nSPS) is 13.1. The minimum Gasteiger partial charge on any atom is -0.362 e. The Bertz CT molecular complexity index is 784. The number of aromatic nitrogens is 2. The van der Waals surface area contributed by atoms with E-state index in [9.17, 15) is 12.8 Å². The molecule has 0 aliphatic carbocycles. The van der Waals surface area contributed by atoms with Gasteiger partial charge in [-0.05, 0) is 38.0 Å². The third kappa shape index (κ3) is 3.30. The van der Waals surface area contributed by atoms with Crippen LogP contribution in [0.5, 0.6) is 0 Å². The first-order valence-corrected chi connectivity index (χ1v) is 8.93. The highest BCUT2D eigenvalue weighted by molar-refractivity contribution is 7.90. The molecule has 0 radical (unpaired) electrons. The van der Waals surface area contributed by atoms with Crippen LogP contribution >= 0.6 is 0 Å². The highest BCUT2D eigenvalue weighted by atomic mass is 32.2. The van der Waals surface area contributed by atoms with Gasteiger partial charge < -0.3 is 5.32 Å². The largest absolute Gasteiger partial charge is 0.362 e. The first-order chi connectivity index (χ1) is 10.2. The Kier molecular flexibility index (Phi) is 4.55. The smallest absolute Gasteiger partial charge is 0.178 e. The fourth-order valence-corrected chi connectivity index (χ4v) is 3.02. The number of nitrogens with zero attached hydrogens (tertiary/aromatic N) is 1. The molecule has 2 rings (SSSR count). The molecule has 1 aromatic carbocycles. The van der Waals surface area contributed by atoms with Crippen molar-refractivity contribution >= 4 is 15.7 Å². The Morgan fingerprint density at radius 1 is 1.41 bits per heavy atom. The minimum absolute atomic E-state index is 0.199. The lowest BCUT2D eigenvalue weighted by Crippen LogP contribution is -2.09. The molecule has 1 atom stereocenters. The molecule has 1 heterocycles. The molecule has 2 aromatic rings. The Hall–Kier alpha value is -1.89. The molecule has 0 bridgehead atoms. The minimum atomic E-state index is -3.55. The summed E-state index contributed by atoms with van der Waals surface area (Å²) in [6.07, 6.45) is 1.85. The summed E-state index contributed by atoms with van der Waals surface area (Å²) in [7, 11) is -3.55. The van der Waals surface area contributed by atoms with Crippen molar-refractivity contribution in [2.75, 3.05) is 11.6 Å². The molecule has 5 nitrogen and oxygen atoms in total. The van der Waals surface area contributed by atoms with Gasteiger partial charge in [0, 0.05) is 17.5 Å². The Morgan fingerprint density at radius 2 is 2.09 bits per heavy atom. The molecule has 0 amide bonds. The molecule has 22 heavy (non-hydrogen) atoms. The van der Waals surface area contributed by atoms with Crippen molar-refractivity contribution in [1.29, 1.82) is 0 Å². The fourth-order valence-electron chi connectivity index (χ4n) is 2.29. The van der Waals surface area contributed by atoms with E-state index in [1.807, 2.05) is 20.8 Å². The van der Waals surface area contributed by atoms with Crippen LogP contribution in [-0.2, 0) is 16.3 Å². The van der Waals surface area contributed by atoms with E-state index >= 15 is 0 Å². The number of hydrogen-bond donors (Lipinski definition) is 2. The standard InChI is InChI=1S/C15H20FN3O2S/c1-5-13-9(2)15(19-18-13)17-10(3)11-6-7-14(12(16)8-11)22(4,20)21/h6-8,10H,5H2,1-4H3,(H2,17,18,19)/t10-/m0/s1. The maximum atomic E-state index is 14.0. The highest BCUT2D eigenvalue weighted by Gasteiger charge is 2.17. The second kappa shape index (κ2) is 6.08. The molecule has 120 valence electrons. The van der Waals surface area contributed by atoms with E-state index in [1.54, 1.807) is 6.07 Å². The average Bonchev–Trinajstić information content (AvgIpc) is 2.78. The molecular formula is C15H20FN3O2S.